The van der Waals surface area contributed by atoms with Crippen molar-refractivity contribution in [2.75, 3.05) is 6.54 Å². The lowest BCUT2D eigenvalue weighted by molar-refractivity contribution is 0.247. The van der Waals surface area contributed by atoms with E-state index in [-0.39, 0.29) is 0 Å². The highest BCUT2D eigenvalue weighted by molar-refractivity contribution is 5.70. The molecule has 0 aliphatic heterocycles. The van der Waals surface area contributed by atoms with Gasteiger partial charge in [-0.2, -0.15) is 0 Å². The summed E-state index contributed by atoms with van der Waals surface area (Å²) >= 11 is 0. The molecule has 3 nitrogen and oxygen atoms in total. The first-order chi connectivity index (χ1) is 9.27. The Balaban J connectivity index is 2.93. The molecule has 0 atom stereocenters. The average molecular weight is 269 g/mol. The SMILES string of the molecule is CCCCCCCCCCCCCCCNC([NH])=O. The lowest BCUT2D eigenvalue weighted by Gasteiger charge is -2.03. The third kappa shape index (κ3) is 17.3. The van der Waals surface area contributed by atoms with E-state index in [1.807, 2.05) is 0 Å². The molecule has 3 heteroatoms. The second-order valence-electron chi connectivity index (χ2n) is 5.50. The lowest BCUT2D eigenvalue weighted by Crippen LogP contribution is -2.23. The first-order valence-electron chi connectivity index (χ1n) is 8.26. The quantitative estimate of drug-likeness (QED) is 0.440. The first kappa shape index (κ1) is 18.3. The number of hydrogen-bond donors (Lipinski definition) is 1. The van der Waals surface area contributed by atoms with Gasteiger partial charge >= 0.3 is 6.03 Å². The van der Waals surface area contributed by atoms with Crippen LogP contribution in [-0.2, 0) is 0 Å². The highest BCUT2D eigenvalue weighted by atomic mass is 16.2. The molecule has 0 aromatic rings. The number of unbranched alkanes of at least 4 members (excludes halogenated alkanes) is 12. The van der Waals surface area contributed by atoms with E-state index in [4.69, 9.17) is 5.73 Å². The monoisotopic (exact) mass is 269 g/mol. The van der Waals surface area contributed by atoms with E-state index >= 15 is 0 Å². The number of rotatable bonds is 14. The van der Waals surface area contributed by atoms with Gasteiger partial charge in [-0.05, 0) is 6.42 Å². The minimum absolute atomic E-state index is 0.654. The van der Waals surface area contributed by atoms with Crippen molar-refractivity contribution >= 4 is 6.03 Å². The second-order valence-corrected chi connectivity index (χ2v) is 5.50. The van der Waals surface area contributed by atoms with Gasteiger partial charge in [0.25, 0.3) is 0 Å². The molecule has 0 saturated heterocycles. The van der Waals surface area contributed by atoms with Crippen molar-refractivity contribution < 1.29 is 4.79 Å². The van der Waals surface area contributed by atoms with E-state index in [0.29, 0.717) is 6.54 Å². The van der Waals surface area contributed by atoms with Crippen LogP contribution >= 0.6 is 0 Å². The van der Waals surface area contributed by atoms with Crippen LogP contribution in [0, 0.1) is 0 Å². The van der Waals surface area contributed by atoms with E-state index < -0.39 is 6.03 Å². The Labute approximate surface area is 119 Å². The van der Waals surface area contributed by atoms with E-state index in [1.165, 1.54) is 77.0 Å². The highest BCUT2D eigenvalue weighted by Gasteiger charge is 1.94. The zero-order valence-electron chi connectivity index (χ0n) is 12.8. The number of hydrogen-bond acceptors (Lipinski definition) is 1. The van der Waals surface area contributed by atoms with Crippen molar-refractivity contribution in [2.24, 2.45) is 0 Å². The van der Waals surface area contributed by atoms with Gasteiger partial charge in [0.15, 0.2) is 0 Å². The summed E-state index contributed by atoms with van der Waals surface area (Å²) in [5.41, 5.74) is 6.69. The number of carbonyl (C=O) groups excluding carboxylic acids is 1. The van der Waals surface area contributed by atoms with Crippen LogP contribution in [0.2, 0.25) is 0 Å². The highest BCUT2D eigenvalue weighted by Crippen LogP contribution is 2.12. The fraction of sp³-hybridized carbons (Fsp3) is 0.938. The zero-order valence-corrected chi connectivity index (χ0v) is 12.8. The summed E-state index contributed by atoms with van der Waals surface area (Å²) in [6.45, 7) is 2.93. The van der Waals surface area contributed by atoms with Crippen LogP contribution in [0.5, 0.6) is 0 Å². The van der Waals surface area contributed by atoms with Gasteiger partial charge in [0, 0.05) is 6.54 Å². The molecule has 19 heavy (non-hydrogen) atoms. The number of urea groups is 1. The Hall–Kier alpha value is -0.730. The predicted molar refractivity (Wildman–Crippen MR) is 82.2 cm³/mol. The molecule has 0 aliphatic rings. The molecular formula is C16H33N2O. The fourth-order valence-electron chi connectivity index (χ4n) is 2.34. The fourth-order valence-corrected chi connectivity index (χ4v) is 2.34. The Bertz CT molecular complexity index is 195. The summed E-state index contributed by atoms with van der Waals surface area (Å²) < 4.78 is 0. The molecule has 0 aliphatic carbocycles. The molecule has 0 aromatic heterocycles. The maximum Gasteiger partial charge on any atom is 0.333 e. The van der Waals surface area contributed by atoms with Gasteiger partial charge in [-0.25, -0.2) is 10.5 Å². The molecule has 2 N–H and O–H groups in total. The van der Waals surface area contributed by atoms with Gasteiger partial charge in [-0.1, -0.05) is 84.0 Å². The molecule has 0 saturated carbocycles. The predicted octanol–water partition coefficient (Wildman–Crippen LogP) is 5.07. The molecule has 113 valence electrons. The van der Waals surface area contributed by atoms with Gasteiger partial charge in [0.05, 0.1) is 0 Å². The van der Waals surface area contributed by atoms with Crippen molar-refractivity contribution in [3.8, 4) is 0 Å². The summed E-state index contributed by atoms with van der Waals surface area (Å²) in [6.07, 6.45) is 17.4. The van der Waals surface area contributed by atoms with Gasteiger partial charge in [0.1, 0.15) is 0 Å². The van der Waals surface area contributed by atoms with Crippen molar-refractivity contribution in [2.45, 2.75) is 90.4 Å². The van der Waals surface area contributed by atoms with Crippen molar-refractivity contribution in [3.05, 3.63) is 0 Å². The van der Waals surface area contributed by atoms with Crippen LogP contribution < -0.4 is 11.1 Å². The van der Waals surface area contributed by atoms with Crippen molar-refractivity contribution in [3.63, 3.8) is 0 Å². The minimum Gasteiger partial charge on any atom is -0.337 e. The maximum absolute atomic E-state index is 10.3. The molecule has 1 radical (unpaired) electrons. The van der Waals surface area contributed by atoms with E-state index in [1.54, 1.807) is 0 Å². The van der Waals surface area contributed by atoms with E-state index in [2.05, 4.69) is 12.2 Å². The van der Waals surface area contributed by atoms with Gasteiger partial charge in [-0.15, -0.1) is 0 Å². The van der Waals surface area contributed by atoms with Crippen LogP contribution in [0.15, 0.2) is 0 Å². The largest absolute Gasteiger partial charge is 0.337 e. The lowest BCUT2D eigenvalue weighted by atomic mass is 10.0. The normalized spacial score (nSPS) is 10.6. The molecule has 0 rings (SSSR count). The summed E-state index contributed by atoms with van der Waals surface area (Å²) in [4.78, 5) is 10.3. The second kappa shape index (κ2) is 15.3. The molecular weight excluding hydrogens is 236 g/mol. The topological polar surface area (TPSA) is 52.9 Å². The van der Waals surface area contributed by atoms with Crippen LogP contribution in [0.4, 0.5) is 4.79 Å². The number of amides is 2. The Morgan fingerprint density at radius 1 is 0.737 bits per heavy atom. The Morgan fingerprint density at radius 3 is 1.47 bits per heavy atom. The van der Waals surface area contributed by atoms with E-state index in [9.17, 15) is 4.79 Å². The Morgan fingerprint density at radius 2 is 1.11 bits per heavy atom. The van der Waals surface area contributed by atoms with Crippen LogP contribution in [-0.4, -0.2) is 12.6 Å². The van der Waals surface area contributed by atoms with Crippen molar-refractivity contribution in [1.82, 2.24) is 11.1 Å². The van der Waals surface area contributed by atoms with Crippen LogP contribution in [0.1, 0.15) is 90.4 Å². The standard InChI is InChI=1S/C16H33N2O/c1-2-3-4-5-6-7-8-9-10-11-12-13-14-15-18-16(17)19/h17H,2-15H2,1H3,(H,18,19). The van der Waals surface area contributed by atoms with Crippen LogP contribution in [0.3, 0.4) is 0 Å². The summed E-state index contributed by atoms with van der Waals surface area (Å²) in [5.74, 6) is 0. The average Bonchev–Trinajstić information content (AvgIpc) is 2.39. The smallest absolute Gasteiger partial charge is 0.333 e. The molecule has 0 bridgehead atoms. The maximum atomic E-state index is 10.3. The van der Waals surface area contributed by atoms with Gasteiger partial charge in [0.2, 0.25) is 0 Å². The van der Waals surface area contributed by atoms with Crippen molar-refractivity contribution in [1.29, 1.82) is 0 Å². The molecule has 0 heterocycles. The molecule has 0 unspecified atom stereocenters. The van der Waals surface area contributed by atoms with E-state index in [0.717, 1.165) is 6.42 Å². The summed E-state index contributed by atoms with van der Waals surface area (Å²) in [6, 6.07) is -0.654. The molecule has 0 fully saturated rings. The first-order valence-corrected chi connectivity index (χ1v) is 8.26. The molecule has 0 aromatic carbocycles. The number of nitrogens with one attached hydrogen (secondary N) is 2. The third-order valence-corrected chi connectivity index (χ3v) is 3.57. The van der Waals surface area contributed by atoms with Gasteiger partial charge < -0.3 is 5.32 Å². The third-order valence-electron chi connectivity index (χ3n) is 3.57. The van der Waals surface area contributed by atoms with Gasteiger partial charge in [-0.3, -0.25) is 0 Å². The summed E-state index contributed by atoms with van der Waals surface area (Å²) in [7, 11) is 0. The Kier molecular flexibility index (Phi) is 14.7. The molecule has 2 amide bonds. The minimum atomic E-state index is -0.654. The summed E-state index contributed by atoms with van der Waals surface area (Å²) in [5, 5.41) is 2.51. The zero-order chi connectivity index (χ0) is 14.2. The van der Waals surface area contributed by atoms with Crippen LogP contribution in [0.25, 0.3) is 0 Å². The molecule has 0 spiro atoms. The number of carbonyl (C=O) groups is 1.